The summed E-state index contributed by atoms with van der Waals surface area (Å²) in [6, 6.07) is 0. The first-order chi connectivity index (χ1) is 9.38. The van der Waals surface area contributed by atoms with Crippen LogP contribution in [0.25, 0.3) is 0 Å². The van der Waals surface area contributed by atoms with Crippen molar-refractivity contribution in [2.24, 2.45) is 0 Å². The Morgan fingerprint density at radius 3 is 1.79 bits per heavy atom. The Bertz CT molecular complexity index is 300. The van der Waals surface area contributed by atoms with Gasteiger partial charge in [-0.1, -0.05) is 71.6 Å². The first-order valence-electron chi connectivity index (χ1n) is 8.42. The maximum absolute atomic E-state index is 2.35. The highest BCUT2D eigenvalue weighted by Gasteiger charge is 2.01. The molecule has 0 saturated heterocycles. The zero-order valence-corrected chi connectivity index (χ0v) is 13.9. The van der Waals surface area contributed by atoms with Gasteiger partial charge >= 0.3 is 0 Å². The minimum Gasteiger partial charge on any atom is -0.152 e. The Balaban J connectivity index is 1.89. The van der Waals surface area contributed by atoms with Crippen LogP contribution in [0.15, 0.2) is 10.8 Å². The van der Waals surface area contributed by atoms with E-state index in [2.05, 4.69) is 24.6 Å². The smallest absolute Gasteiger partial charge is 0.00584 e. The van der Waals surface area contributed by atoms with E-state index in [1.807, 2.05) is 11.3 Å². The van der Waals surface area contributed by atoms with E-state index in [0.29, 0.717) is 0 Å². The average molecular weight is 281 g/mol. The van der Waals surface area contributed by atoms with Crippen molar-refractivity contribution in [2.75, 3.05) is 0 Å². The molecule has 0 saturated carbocycles. The van der Waals surface area contributed by atoms with E-state index in [9.17, 15) is 0 Å². The van der Waals surface area contributed by atoms with E-state index in [1.165, 1.54) is 77.0 Å². The van der Waals surface area contributed by atoms with Crippen molar-refractivity contribution in [2.45, 2.75) is 90.9 Å². The first kappa shape index (κ1) is 16.8. The van der Waals surface area contributed by atoms with Crippen LogP contribution in [0.5, 0.6) is 0 Å². The molecular weight excluding hydrogens is 248 g/mol. The average Bonchev–Trinajstić information content (AvgIpc) is 2.88. The van der Waals surface area contributed by atoms with Gasteiger partial charge in [-0.3, -0.25) is 0 Å². The van der Waals surface area contributed by atoms with Crippen molar-refractivity contribution in [1.29, 1.82) is 0 Å². The zero-order chi connectivity index (χ0) is 13.8. The molecule has 1 heterocycles. The van der Waals surface area contributed by atoms with E-state index in [4.69, 9.17) is 0 Å². The van der Waals surface area contributed by atoms with Gasteiger partial charge in [-0.15, -0.1) is 0 Å². The zero-order valence-electron chi connectivity index (χ0n) is 13.0. The molecule has 0 aliphatic heterocycles. The standard InChI is InChI=1S/C18H32S/c1-3-5-6-7-8-9-10-11-12-13-14-18-16-19-15-17(18)4-2/h15-16H,3-14H2,1-2H3. The molecule has 0 bridgehead atoms. The largest absolute Gasteiger partial charge is 0.152 e. The molecule has 110 valence electrons. The van der Waals surface area contributed by atoms with Crippen LogP contribution in [0.1, 0.15) is 89.2 Å². The fraction of sp³-hybridized carbons (Fsp3) is 0.778. The number of thiophene rings is 1. The number of hydrogen-bond donors (Lipinski definition) is 0. The molecule has 0 fully saturated rings. The highest BCUT2D eigenvalue weighted by atomic mass is 32.1. The van der Waals surface area contributed by atoms with E-state index < -0.39 is 0 Å². The van der Waals surface area contributed by atoms with Crippen LogP contribution in [0.3, 0.4) is 0 Å². The molecule has 1 heteroatoms. The van der Waals surface area contributed by atoms with Gasteiger partial charge in [0.1, 0.15) is 0 Å². The lowest BCUT2D eigenvalue weighted by Gasteiger charge is -2.03. The molecule has 0 aliphatic rings. The quantitative estimate of drug-likeness (QED) is 0.370. The van der Waals surface area contributed by atoms with Gasteiger partial charge < -0.3 is 0 Å². The van der Waals surface area contributed by atoms with E-state index in [-0.39, 0.29) is 0 Å². The Kier molecular flexibility index (Phi) is 10.2. The normalized spacial score (nSPS) is 11.1. The maximum Gasteiger partial charge on any atom is -0.00584 e. The predicted octanol–water partition coefficient (Wildman–Crippen LogP) is 6.77. The molecule has 0 aliphatic carbocycles. The van der Waals surface area contributed by atoms with E-state index in [0.717, 1.165) is 0 Å². The van der Waals surface area contributed by atoms with Crippen LogP contribution in [-0.4, -0.2) is 0 Å². The van der Waals surface area contributed by atoms with E-state index >= 15 is 0 Å². The second kappa shape index (κ2) is 11.5. The van der Waals surface area contributed by atoms with Crippen LogP contribution < -0.4 is 0 Å². The Hall–Kier alpha value is -0.300. The van der Waals surface area contributed by atoms with Crippen molar-refractivity contribution in [1.82, 2.24) is 0 Å². The molecule has 1 aromatic rings. The van der Waals surface area contributed by atoms with Gasteiger partial charge in [-0.25, -0.2) is 0 Å². The molecule has 0 unspecified atom stereocenters. The molecular formula is C18H32S. The summed E-state index contributed by atoms with van der Waals surface area (Å²) in [6.45, 7) is 4.56. The summed E-state index contributed by atoms with van der Waals surface area (Å²) in [4.78, 5) is 0. The summed E-state index contributed by atoms with van der Waals surface area (Å²) in [7, 11) is 0. The number of rotatable bonds is 12. The van der Waals surface area contributed by atoms with Crippen LogP contribution in [-0.2, 0) is 12.8 Å². The molecule has 19 heavy (non-hydrogen) atoms. The topological polar surface area (TPSA) is 0 Å². The van der Waals surface area contributed by atoms with Crippen LogP contribution in [0.4, 0.5) is 0 Å². The van der Waals surface area contributed by atoms with Gasteiger partial charge in [0.2, 0.25) is 0 Å². The fourth-order valence-corrected chi connectivity index (χ4v) is 3.67. The molecule has 0 amide bonds. The highest BCUT2D eigenvalue weighted by Crippen LogP contribution is 2.19. The highest BCUT2D eigenvalue weighted by molar-refractivity contribution is 7.08. The molecule has 1 rings (SSSR count). The van der Waals surface area contributed by atoms with Crippen LogP contribution in [0, 0.1) is 0 Å². The predicted molar refractivity (Wildman–Crippen MR) is 89.2 cm³/mol. The van der Waals surface area contributed by atoms with Crippen LogP contribution in [0.2, 0.25) is 0 Å². The second-order valence-corrected chi connectivity index (χ2v) is 6.45. The lowest BCUT2D eigenvalue weighted by Crippen LogP contribution is -1.89. The number of aryl methyl sites for hydroxylation is 2. The Morgan fingerprint density at radius 1 is 0.684 bits per heavy atom. The molecule has 0 radical (unpaired) electrons. The number of unbranched alkanes of at least 4 members (excludes halogenated alkanes) is 9. The molecule has 0 atom stereocenters. The molecule has 0 nitrogen and oxygen atoms in total. The summed E-state index contributed by atoms with van der Waals surface area (Å²) in [5.74, 6) is 0. The molecule has 1 aromatic heterocycles. The fourth-order valence-electron chi connectivity index (χ4n) is 2.68. The Morgan fingerprint density at radius 2 is 1.21 bits per heavy atom. The summed E-state index contributed by atoms with van der Waals surface area (Å²) in [6.07, 6.45) is 16.9. The lowest BCUT2D eigenvalue weighted by atomic mass is 10.0. The molecule has 0 spiro atoms. The second-order valence-electron chi connectivity index (χ2n) is 5.71. The molecule has 0 aromatic carbocycles. The summed E-state index contributed by atoms with van der Waals surface area (Å²) < 4.78 is 0. The van der Waals surface area contributed by atoms with Gasteiger partial charge in [0.05, 0.1) is 0 Å². The summed E-state index contributed by atoms with van der Waals surface area (Å²) >= 11 is 1.87. The third-order valence-electron chi connectivity index (χ3n) is 4.01. The minimum atomic E-state index is 1.20. The first-order valence-corrected chi connectivity index (χ1v) is 9.36. The monoisotopic (exact) mass is 280 g/mol. The van der Waals surface area contributed by atoms with Gasteiger partial charge in [-0.05, 0) is 41.1 Å². The Labute approximate surface area is 124 Å². The van der Waals surface area contributed by atoms with Gasteiger partial charge in [0, 0.05) is 0 Å². The van der Waals surface area contributed by atoms with Gasteiger partial charge in [-0.2, -0.15) is 11.3 Å². The van der Waals surface area contributed by atoms with Crippen molar-refractivity contribution in [3.05, 3.63) is 21.9 Å². The molecule has 0 N–H and O–H groups in total. The van der Waals surface area contributed by atoms with Gasteiger partial charge in [0.25, 0.3) is 0 Å². The summed E-state index contributed by atoms with van der Waals surface area (Å²) in [5, 5.41) is 4.68. The maximum atomic E-state index is 2.35. The SMILES string of the molecule is CCCCCCCCCCCCc1cscc1CC. The van der Waals surface area contributed by atoms with Gasteiger partial charge in [0.15, 0.2) is 0 Å². The van der Waals surface area contributed by atoms with Crippen molar-refractivity contribution >= 4 is 11.3 Å². The minimum absolute atomic E-state index is 1.20. The number of hydrogen-bond acceptors (Lipinski definition) is 1. The van der Waals surface area contributed by atoms with E-state index in [1.54, 1.807) is 11.1 Å². The summed E-state index contributed by atoms with van der Waals surface area (Å²) in [5.41, 5.74) is 3.20. The third kappa shape index (κ3) is 7.77. The van der Waals surface area contributed by atoms with Crippen LogP contribution >= 0.6 is 11.3 Å². The van der Waals surface area contributed by atoms with Crippen molar-refractivity contribution < 1.29 is 0 Å². The van der Waals surface area contributed by atoms with Crippen molar-refractivity contribution in [3.63, 3.8) is 0 Å². The third-order valence-corrected chi connectivity index (χ3v) is 4.85. The lowest BCUT2D eigenvalue weighted by molar-refractivity contribution is 0.556. The van der Waals surface area contributed by atoms with Crippen molar-refractivity contribution in [3.8, 4) is 0 Å².